The Balaban J connectivity index is 1.49. The molecule has 0 fully saturated rings. The van der Waals surface area contributed by atoms with E-state index in [1.807, 2.05) is 0 Å². The number of Topliss-reactive ketones (excluding diaryl/α,β-unsaturated/α-hetero) is 1. The lowest BCUT2D eigenvalue weighted by molar-refractivity contribution is -0.127. The molecule has 10 heteroatoms. The number of fused-ring (bicyclic) bond motifs is 1. The maximum Gasteiger partial charge on any atom is 0.265 e. The van der Waals surface area contributed by atoms with E-state index in [0.29, 0.717) is 17.5 Å². The first-order valence-electron chi connectivity index (χ1n) is 10.7. The van der Waals surface area contributed by atoms with Gasteiger partial charge in [-0.15, -0.1) is 0 Å². The molecule has 1 aliphatic heterocycles. The van der Waals surface area contributed by atoms with E-state index < -0.39 is 41.9 Å². The predicted molar refractivity (Wildman–Crippen MR) is 121 cm³/mol. The standard InChI is InChI=1S/C25H21F2N3O5/c1-15(25(33)29-12-18-4-2-3-9-28-18)30-20-10-16(5-7-23(20)35-14-24(30)32)21(31)13-34-22-8-6-17(26)11-19(22)27/h2-11,15H,12-14H2,1H3,(H,29,33)/t15-/m0/s1. The van der Waals surface area contributed by atoms with Crippen LogP contribution >= 0.6 is 0 Å². The number of ketones is 1. The van der Waals surface area contributed by atoms with Gasteiger partial charge in [0.2, 0.25) is 5.91 Å². The Bertz CT molecular complexity index is 1270. The molecular formula is C25H21F2N3O5. The fourth-order valence-corrected chi connectivity index (χ4v) is 3.53. The van der Waals surface area contributed by atoms with Crippen LogP contribution in [0.25, 0.3) is 0 Å². The second-order valence-electron chi connectivity index (χ2n) is 7.74. The molecule has 2 amide bonds. The largest absolute Gasteiger partial charge is 0.482 e. The summed E-state index contributed by atoms with van der Waals surface area (Å²) >= 11 is 0. The van der Waals surface area contributed by atoms with Crippen LogP contribution in [0.4, 0.5) is 14.5 Å². The van der Waals surface area contributed by atoms with Gasteiger partial charge >= 0.3 is 0 Å². The van der Waals surface area contributed by atoms with Crippen LogP contribution in [0.5, 0.6) is 11.5 Å². The van der Waals surface area contributed by atoms with E-state index in [1.165, 1.54) is 23.1 Å². The summed E-state index contributed by atoms with van der Waals surface area (Å²) in [5.74, 6) is -3.01. The normalized spacial score (nSPS) is 13.5. The fourth-order valence-electron chi connectivity index (χ4n) is 3.53. The van der Waals surface area contributed by atoms with Gasteiger partial charge < -0.3 is 14.8 Å². The lowest BCUT2D eigenvalue weighted by Crippen LogP contribution is -2.51. The number of pyridine rings is 1. The predicted octanol–water partition coefficient (Wildman–Crippen LogP) is 3.05. The minimum Gasteiger partial charge on any atom is -0.482 e. The van der Waals surface area contributed by atoms with E-state index in [2.05, 4.69) is 10.3 Å². The van der Waals surface area contributed by atoms with Crippen LogP contribution in [0.1, 0.15) is 23.0 Å². The Hall–Kier alpha value is -4.34. The van der Waals surface area contributed by atoms with Gasteiger partial charge in [-0.1, -0.05) is 6.07 Å². The number of carbonyl (C=O) groups is 3. The minimum atomic E-state index is -0.932. The average molecular weight is 481 g/mol. The molecule has 1 atom stereocenters. The Kier molecular flexibility index (Phi) is 7.00. The molecule has 180 valence electrons. The Labute approximate surface area is 199 Å². The first-order valence-corrected chi connectivity index (χ1v) is 10.7. The van der Waals surface area contributed by atoms with Gasteiger partial charge in [-0.2, -0.15) is 0 Å². The Morgan fingerprint density at radius 1 is 1.17 bits per heavy atom. The summed E-state index contributed by atoms with van der Waals surface area (Å²) < 4.78 is 37.5. The number of carbonyl (C=O) groups excluding carboxylic acids is 3. The number of nitrogens with zero attached hydrogens (tertiary/aromatic N) is 2. The number of benzene rings is 2. The van der Waals surface area contributed by atoms with Crippen molar-refractivity contribution < 1.29 is 32.6 Å². The van der Waals surface area contributed by atoms with E-state index in [0.717, 1.165) is 12.1 Å². The van der Waals surface area contributed by atoms with Crippen molar-refractivity contribution in [1.29, 1.82) is 0 Å². The summed E-state index contributed by atoms with van der Waals surface area (Å²) in [6.07, 6.45) is 1.61. The van der Waals surface area contributed by atoms with Gasteiger partial charge in [0.05, 0.1) is 17.9 Å². The highest BCUT2D eigenvalue weighted by Crippen LogP contribution is 2.34. The summed E-state index contributed by atoms with van der Waals surface area (Å²) in [6, 6.07) is 11.6. The molecule has 8 nitrogen and oxygen atoms in total. The summed E-state index contributed by atoms with van der Waals surface area (Å²) in [6.45, 7) is 0.974. The molecule has 3 aromatic rings. The third-order valence-corrected chi connectivity index (χ3v) is 5.35. The van der Waals surface area contributed by atoms with E-state index in [4.69, 9.17) is 9.47 Å². The van der Waals surface area contributed by atoms with Gasteiger partial charge in [0.15, 0.2) is 30.6 Å². The van der Waals surface area contributed by atoms with Crippen LogP contribution in [-0.4, -0.2) is 41.8 Å². The van der Waals surface area contributed by atoms with Crippen LogP contribution in [0, 0.1) is 11.6 Å². The number of rotatable bonds is 8. The molecule has 0 bridgehead atoms. The lowest BCUT2D eigenvalue weighted by atomic mass is 10.1. The first kappa shape index (κ1) is 23.8. The van der Waals surface area contributed by atoms with Crippen LogP contribution < -0.4 is 19.7 Å². The van der Waals surface area contributed by atoms with E-state index in [1.54, 1.807) is 31.3 Å². The zero-order valence-corrected chi connectivity index (χ0v) is 18.7. The van der Waals surface area contributed by atoms with E-state index in [-0.39, 0.29) is 30.2 Å². The lowest BCUT2D eigenvalue weighted by Gasteiger charge is -2.33. The van der Waals surface area contributed by atoms with Crippen molar-refractivity contribution in [3.8, 4) is 11.5 Å². The van der Waals surface area contributed by atoms with Crippen LogP contribution in [0.15, 0.2) is 60.8 Å². The first-order chi connectivity index (χ1) is 16.8. The molecule has 1 N–H and O–H groups in total. The highest BCUT2D eigenvalue weighted by Gasteiger charge is 2.33. The molecule has 1 aromatic heterocycles. The van der Waals surface area contributed by atoms with Crippen molar-refractivity contribution in [1.82, 2.24) is 10.3 Å². The molecule has 0 saturated heterocycles. The van der Waals surface area contributed by atoms with Crippen molar-refractivity contribution >= 4 is 23.3 Å². The van der Waals surface area contributed by atoms with Gasteiger partial charge in [0.1, 0.15) is 17.6 Å². The number of nitrogens with one attached hydrogen (secondary N) is 1. The Morgan fingerprint density at radius 2 is 2.00 bits per heavy atom. The molecule has 35 heavy (non-hydrogen) atoms. The number of anilines is 1. The average Bonchev–Trinajstić information content (AvgIpc) is 2.86. The molecule has 0 aliphatic carbocycles. The SMILES string of the molecule is C[C@@H](C(=O)NCc1ccccn1)N1C(=O)COc2ccc(C(=O)COc3ccc(F)cc3F)cc21. The van der Waals surface area contributed by atoms with E-state index >= 15 is 0 Å². The number of aromatic nitrogens is 1. The molecular weight excluding hydrogens is 460 g/mol. The quantitative estimate of drug-likeness (QED) is 0.497. The molecule has 1 aliphatic rings. The molecule has 0 spiro atoms. The number of hydrogen-bond donors (Lipinski definition) is 1. The molecule has 2 heterocycles. The van der Waals surface area contributed by atoms with Crippen LogP contribution in [-0.2, 0) is 16.1 Å². The van der Waals surface area contributed by atoms with Crippen molar-refractivity contribution in [2.75, 3.05) is 18.1 Å². The highest BCUT2D eigenvalue weighted by atomic mass is 19.1. The van der Waals surface area contributed by atoms with Crippen LogP contribution in [0.2, 0.25) is 0 Å². The van der Waals surface area contributed by atoms with Crippen molar-refractivity contribution in [2.24, 2.45) is 0 Å². The number of halogens is 2. The topological polar surface area (TPSA) is 97.8 Å². The highest BCUT2D eigenvalue weighted by molar-refractivity contribution is 6.05. The monoisotopic (exact) mass is 481 g/mol. The summed E-state index contributed by atoms with van der Waals surface area (Å²) in [5, 5.41) is 2.75. The second-order valence-corrected chi connectivity index (χ2v) is 7.74. The van der Waals surface area contributed by atoms with Gasteiger partial charge in [-0.3, -0.25) is 24.3 Å². The zero-order valence-electron chi connectivity index (χ0n) is 18.7. The zero-order chi connectivity index (χ0) is 24.9. The van der Waals surface area contributed by atoms with Gasteiger partial charge in [-0.05, 0) is 49.4 Å². The number of amides is 2. The molecule has 4 rings (SSSR count). The third kappa shape index (κ3) is 5.43. The van der Waals surface area contributed by atoms with Crippen molar-refractivity contribution in [3.05, 3.63) is 83.7 Å². The number of ether oxygens (including phenoxy) is 2. The fraction of sp³-hybridized carbons (Fsp3) is 0.200. The van der Waals surface area contributed by atoms with Gasteiger partial charge in [-0.25, -0.2) is 8.78 Å². The maximum absolute atomic E-state index is 13.8. The molecule has 0 unspecified atom stereocenters. The maximum atomic E-state index is 13.8. The van der Waals surface area contributed by atoms with E-state index in [9.17, 15) is 23.2 Å². The Morgan fingerprint density at radius 3 is 2.74 bits per heavy atom. The number of hydrogen-bond acceptors (Lipinski definition) is 6. The molecule has 2 aromatic carbocycles. The third-order valence-electron chi connectivity index (χ3n) is 5.35. The minimum absolute atomic E-state index is 0.163. The summed E-state index contributed by atoms with van der Waals surface area (Å²) in [4.78, 5) is 43.5. The van der Waals surface area contributed by atoms with Gasteiger partial charge in [0, 0.05) is 17.8 Å². The molecule has 0 saturated carbocycles. The summed E-state index contributed by atoms with van der Waals surface area (Å²) in [7, 11) is 0. The molecule has 0 radical (unpaired) electrons. The summed E-state index contributed by atoms with van der Waals surface area (Å²) in [5.41, 5.74) is 1.07. The van der Waals surface area contributed by atoms with Crippen molar-refractivity contribution in [3.63, 3.8) is 0 Å². The van der Waals surface area contributed by atoms with Crippen molar-refractivity contribution in [2.45, 2.75) is 19.5 Å². The van der Waals surface area contributed by atoms with Crippen LogP contribution in [0.3, 0.4) is 0 Å². The smallest absolute Gasteiger partial charge is 0.265 e. The second kappa shape index (κ2) is 10.3. The van der Waals surface area contributed by atoms with Gasteiger partial charge in [0.25, 0.3) is 5.91 Å².